The molecule has 0 heterocycles. The maximum atomic E-state index is 10.8. The van der Waals surface area contributed by atoms with Crippen LogP contribution in [0.2, 0.25) is 0 Å². The van der Waals surface area contributed by atoms with Crippen LogP contribution in [0.4, 0.5) is 5.69 Å². The summed E-state index contributed by atoms with van der Waals surface area (Å²) in [6.45, 7) is 1.85. The number of nitrogens with two attached hydrogens (primary N) is 2. The molecule has 16 heavy (non-hydrogen) atoms. The lowest BCUT2D eigenvalue weighted by Gasteiger charge is -2.07. The predicted molar refractivity (Wildman–Crippen MR) is 70.2 cm³/mol. The van der Waals surface area contributed by atoms with E-state index in [9.17, 15) is 4.79 Å². The van der Waals surface area contributed by atoms with E-state index < -0.39 is 0 Å². The van der Waals surface area contributed by atoms with Crippen molar-refractivity contribution in [1.82, 2.24) is 0 Å². The molecule has 1 aromatic rings. The van der Waals surface area contributed by atoms with Crippen molar-refractivity contribution in [3.8, 4) is 0 Å². The summed E-state index contributed by atoms with van der Waals surface area (Å²) in [4.78, 5) is 10.8. The largest absolute Gasteiger partial charge is 0.399 e. The van der Waals surface area contributed by atoms with E-state index in [-0.39, 0.29) is 11.8 Å². The minimum atomic E-state index is -0.230. The van der Waals surface area contributed by atoms with Crippen LogP contribution in [-0.2, 0) is 11.2 Å². The summed E-state index contributed by atoms with van der Waals surface area (Å²) < 4.78 is 0. The summed E-state index contributed by atoms with van der Waals surface area (Å²) in [6.07, 6.45) is 0.933. The van der Waals surface area contributed by atoms with Crippen LogP contribution in [0.3, 0.4) is 0 Å². The molecule has 0 aliphatic heterocycles. The maximum Gasteiger partial charge on any atom is 0.221 e. The number of nitrogen functional groups attached to an aromatic ring is 1. The first kappa shape index (κ1) is 12.9. The fraction of sp³-hybridized carbons (Fsp3) is 0.417. The Labute approximate surface area is 101 Å². The molecule has 1 atom stereocenters. The third-order valence-electron chi connectivity index (χ3n) is 2.42. The van der Waals surface area contributed by atoms with Gasteiger partial charge in [-0.15, -0.1) is 0 Å². The summed E-state index contributed by atoms with van der Waals surface area (Å²) in [5.41, 5.74) is 13.0. The Hall–Kier alpha value is -1.16. The molecular formula is C12H18N2OS. The van der Waals surface area contributed by atoms with Crippen molar-refractivity contribution in [2.24, 2.45) is 11.7 Å². The second-order valence-electron chi connectivity index (χ2n) is 3.83. The highest BCUT2D eigenvalue weighted by molar-refractivity contribution is 7.99. The first-order valence-corrected chi connectivity index (χ1v) is 6.47. The summed E-state index contributed by atoms with van der Waals surface area (Å²) in [5.74, 6) is 1.46. The molecule has 3 nitrogen and oxygen atoms in total. The molecule has 1 aromatic carbocycles. The minimum absolute atomic E-state index is 0.0573. The second kappa shape index (κ2) is 6.43. The van der Waals surface area contributed by atoms with Crippen LogP contribution in [0.5, 0.6) is 0 Å². The van der Waals surface area contributed by atoms with E-state index in [2.05, 4.69) is 0 Å². The summed E-state index contributed by atoms with van der Waals surface area (Å²) in [7, 11) is 0. The molecule has 0 aromatic heterocycles. The molecule has 0 saturated heterocycles. The maximum absolute atomic E-state index is 10.8. The Morgan fingerprint density at radius 3 is 2.75 bits per heavy atom. The lowest BCUT2D eigenvalue weighted by molar-refractivity contribution is -0.120. The number of para-hydroxylation sites is 1. The van der Waals surface area contributed by atoms with Gasteiger partial charge in [0.05, 0.1) is 0 Å². The SMILES string of the molecule is CC(CSCCc1ccccc1N)C(N)=O. The molecule has 0 radical (unpaired) electrons. The first-order valence-electron chi connectivity index (χ1n) is 5.31. The Morgan fingerprint density at radius 2 is 2.12 bits per heavy atom. The number of carbonyl (C=O) groups is 1. The van der Waals surface area contributed by atoms with E-state index in [1.165, 1.54) is 5.56 Å². The average molecular weight is 238 g/mol. The normalized spacial score (nSPS) is 12.3. The number of amides is 1. The zero-order valence-corrected chi connectivity index (χ0v) is 10.3. The van der Waals surface area contributed by atoms with Crippen molar-refractivity contribution in [3.63, 3.8) is 0 Å². The zero-order valence-electron chi connectivity index (χ0n) is 9.48. The first-order chi connectivity index (χ1) is 7.61. The van der Waals surface area contributed by atoms with Crippen molar-refractivity contribution >= 4 is 23.4 Å². The summed E-state index contributed by atoms with van der Waals surface area (Å²) in [5, 5.41) is 0. The molecule has 0 bridgehead atoms. The topological polar surface area (TPSA) is 69.1 Å². The second-order valence-corrected chi connectivity index (χ2v) is 4.98. The number of rotatable bonds is 6. The molecule has 0 aliphatic rings. The molecule has 1 amide bonds. The van der Waals surface area contributed by atoms with Gasteiger partial charge in [0.25, 0.3) is 0 Å². The molecule has 1 rings (SSSR count). The van der Waals surface area contributed by atoms with Gasteiger partial charge < -0.3 is 11.5 Å². The molecule has 4 heteroatoms. The summed E-state index contributed by atoms with van der Waals surface area (Å²) >= 11 is 1.74. The highest BCUT2D eigenvalue weighted by Crippen LogP contribution is 2.15. The number of carbonyl (C=O) groups excluding carboxylic acids is 1. The van der Waals surface area contributed by atoms with Crippen molar-refractivity contribution in [1.29, 1.82) is 0 Å². The van der Waals surface area contributed by atoms with Crippen molar-refractivity contribution in [2.75, 3.05) is 17.2 Å². The fourth-order valence-electron chi connectivity index (χ4n) is 1.29. The Kier molecular flexibility index (Phi) is 5.19. The standard InChI is InChI=1S/C12H18N2OS/c1-9(12(14)15)8-16-7-6-10-4-2-3-5-11(10)13/h2-5,9H,6-8,13H2,1H3,(H2,14,15). The molecule has 0 aliphatic carbocycles. The highest BCUT2D eigenvalue weighted by Gasteiger charge is 2.08. The Morgan fingerprint density at radius 1 is 1.44 bits per heavy atom. The Bertz CT molecular complexity index is 355. The molecule has 0 fully saturated rings. The van der Waals surface area contributed by atoms with E-state index in [0.29, 0.717) is 0 Å². The summed E-state index contributed by atoms with van der Waals surface area (Å²) in [6, 6.07) is 7.86. The van der Waals surface area contributed by atoms with E-state index in [0.717, 1.165) is 23.6 Å². The zero-order chi connectivity index (χ0) is 12.0. The van der Waals surface area contributed by atoms with Gasteiger partial charge in [-0.25, -0.2) is 0 Å². The van der Waals surface area contributed by atoms with E-state index in [4.69, 9.17) is 11.5 Å². The highest BCUT2D eigenvalue weighted by atomic mass is 32.2. The quantitative estimate of drug-likeness (QED) is 0.585. The van der Waals surface area contributed by atoms with Crippen LogP contribution in [-0.4, -0.2) is 17.4 Å². The Balaban J connectivity index is 2.26. The van der Waals surface area contributed by atoms with Gasteiger partial charge in [0.1, 0.15) is 0 Å². The third kappa shape index (κ3) is 4.14. The van der Waals surface area contributed by atoms with E-state index in [1.54, 1.807) is 11.8 Å². The number of hydrogen-bond acceptors (Lipinski definition) is 3. The van der Waals surface area contributed by atoms with E-state index in [1.807, 2.05) is 31.2 Å². The number of aryl methyl sites for hydroxylation is 1. The number of benzene rings is 1. The van der Waals surface area contributed by atoms with Gasteiger partial charge in [0, 0.05) is 17.4 Å². The van der Waals surface area contributed by atoms with Gasteiger partial charge in [-0.05, 0) is 23.8 Å². The smallest absolute Gasteiger partial charge is 0.221 e. The lowest BCUT2D eigenvalue weighted by Crippen LogP contribution is -2.22. The fourth-order valence-corrected chi connectivity index (χ4v) is 2.33. The molecule has 1 unspecified atom stereocenters. The van der Waals surface area contributed by atoms with Crippen molar-refractivity contribution in [2.45, 2.75) is 13.3 Å². The third-order valence-corrected chi connectivity index (χ3v) is 3.65. The lowest BCUT2D eigenvalue weighted by atomic mass is 10.1. The van der Waals surface area contributed by atoms with Gasteiger partial charge in [0.15, 0.2) is 0 Å². The number of thioether (sulfide) groups is 1. The minimum Gasteiger partial charge on any atom is -0.399 e. The van der Waals surface area contributed by atoms with Crippen LogP contribution in [0.15, 0.2) is 24.3 Å². The molecular weight excluding hydrogens is 220 g/mol. The average Bonchev–Trinajstić information content (AvgIpc) is 2.26. The van der Waals surface area contributed by atoms with E-state index >= 15 is 0 Å². The van der Waals surface area contributed by atoms with Gasteiger partial charge in [-0.2, -0.15) is 11.8 Å². The van der Waals surface area contributed by atoms with Gasteiger partial charge in [-0.3, -0.25) is 4.79 Å². The van der Waals surface area contributed by atoms with Crippen LogP contribution >= 0.6 is 11.8 Å². The van der Waals surface area contributed by atoms with Crippen LogP contribution in [0.1, 0.15) is 12.5 Å². The van der Waals surface area contributed by atoms with Crippen LogP contribution < -0.4 is 11.5 Å². The number of hydrogen-bond donors (Lipinski definition) is 2. The van der Waals surface area contributed by atoms with Gasteiger partial charge in [0.2, 0.25) is 5.91 Å². The molecule has 88 valence electrons. The van der Waals surface area contributed by atoms with Crippen molar-refractivity contribution in [3.05, 3.63) is 29.8 Å². The van der Waals surface area contributed by atoms with Gasteiger partial charge >= 0.3 is 0 Å². The molecule has 0 spiro atoms. The number of primary amides is 1. The molecule has 4 N–H and O–H groups in total. The van der Waals surface area contributed by atoms with Crippen molar-refractivity contribution < 1.29 is 4.79 Å². The predicted octanol–water partition coefficient (Wildman–Crippen LogP) is 1.67. The monoisotopic (exact) mass is 238 g/mol. The number of anilines is 1. The van der Waals surface area contributed by atoms with Gasteiger partial charge in [-0.1, -0.05) is 25.1 Å². The van der Waals surface area contributed by atoms with Crippen LogP contribution in [0.25, 0.3) is 0 Å². The molecule has 0 saturated carbocycles. The van der Waals surface area contributed by atoms with Crippen LogP contribution in [0, 0.1) is 5.92 Å².